The smallest absolute Gasteiger partial charge is 0.346 e. The number of hydrogen-bond donors (Lipinski definition) is 0. The molecule has 36 heavy (non-hydrogen) atoms. The highest BCUT2D eigenvalue weighted by Gasteiger charge is 2.50. The zero-order valence-electron chi connectivity index (χ0n) is 23.1. The van der Waals surface area contributed by atoms with Crippen molar-refractivity contribution < 1.29 is 27.9 Å². The molecule has 0 fully saturated rings. The molecule has 0 spiro atoms. The van der Waals surface area contributed by atoms with Crippen LogP contribution in [0.3, 0.4) is 0 Å². The number of carbonyl (C=O) groups excluding carboxylic acids is 2. The van der Waals surface area contributed by atoms with Crippen LogP contribution in [0.2, 0.25) is 0 Å². The Balaban J connectivity index is 3.30. The summed E-state index contributed by atoms with van der Waals surface area (Å²) in [5.41, 5.74) is -0.246. The van der Waals surface area contributed by atoms with Crippen LogP contribution in [0.25, 0.3) is 0 Å². The predicted octanol–water partition coefficient (Wildman–Crippen LogP) is 8.00. The molecule has 0 aliphatic rings. The van der Waals surface area contributed by atoms with Gasteiger partial charge in [0.15, 0.2) is 5.66 Å². The Bertz CT molecular complexity index is 790. The van der Waals surface area contributed by atoms with E-state index in [2.05, 4.69) is 6.92 Å². The monoisotopic (exact) mass is 542 g/mol. The van der Waals surface area contributed by atoms with Gasteiger partial charge >= 0.3 is 13.6 Å². The number of carbonyl (C=O) groups is 2. The molecule has 0 saturated carbocycles. The van der Waals surface area contributed by atoms with Crippen molar-refractivity contribution >= 4 is 31.1 Å². The number of esters is 1. The second-order valence-corrected chi connectivity index (χ2v) is 12.6. The van der Waals surface area contributed by atoms with E-state index in [1.807, 2.05) is 44.2 Å². The predicted molar refractivity (Wildman–Crippen MR) is 150 cm³/mol. The summed E-state index contributed by atoms with van der Waals surface area (Å²) in [5.74, 6) is -0.576. The number of benzene rings is 1. The minimum Gasteiger partial charge on any atom is -0.465 e. The molecule has 0 amide bonds. The maximum Gasteiger partial charge on any atom is 0.346 e. The van der Waals surface area contributed by atoms with Crippen LogP contribution in [0.15, 0.2) is 30.3 Å². The normalized spacial score (nSPS) is 14.4. The van der Waals surface area contributed by atoms with Crippen molar-refractivity contribution in [2.45, 2.75) is 103 Å². The standard InChI is InChI=1S/C28H47O6PS/c1-7-11-12-13-14-18-21-24(29)27(23-19-16-15-17-20-23)36-26(22(5)6)25(28(30)32-8-2)35(31,33-9-3)34-10-4/h15-17,19-20,22,25-27H,7-14,18,21H2,1-6H3. The molecule has 0 aliphatic carbocycles. The maximum absolute atomic E-state index is 13.9. The molecule has 0 N–H and O–H groups in total. The first-order chi connectivity index (χ1) is 17.2. The Morgan fingerprint density at radius 3 is 1.97 bits per heavy atom. The lowest BCUT2D eigenvalue weighted by Crippen LogP contribution is -2.39. The summed E-state index contributed by atoms with van der Waals surface area (Å²) in [7, 11) is -3.85. The molecule has 0 heterocycles. The number of hydrogen-bond acceptors (Lipinski definition) is 7. The summed E-state index contributed by atoms with van der Waals surface area (Å²) in [6, 6.07) is 9.64. The third kappa shape index (κ3) is 10.7. The Kier molecular flexibility index (Phi) is 16.6. The van der Waals surface area contributed by atoms with Crippen molar-refractivity contribution in [3.63, 3.8) is 0 Å². The number of unbranched alkanes of at least 4 members (excludes halogenated alkanes) is 5. The van der Waals surface area contributed by atoms with E-state index in [1.54, 1.807) is 20.8 Å². The number of thioether (sulfide) groups is 1. The molecule has 3 atom stereocenters. The van der Waals surface area contributed by atoms with Gasteiger partial charge in [-0.25, -0.2) is 0 Å². The van der Waals surface area contributed by atoms with E-state index in [-0.39, 0.29) is 31.5 Å². The van der Waals surface area contributed by atoms with Crippen LogP contribution in [0.4, 0.5) is 0 Å². The van der Waals surface area contributed by atoms with Gasteiger partial charge in [0.2, 0.25) is 0 Å². The van der Waals surface area contributed by atoms with Gasteiger partial charge in [-0.2, -0.15) is 0 Å². The van der Waals surface area contributed by atoms with Gasteiger partial charge in [0.05, 0.1) is 25.1 Å². The molecular weight excluding hydrogens is 495 g/mol. The third-order valence-corrected chi connectivity index (χ3v) is 10.5. The van der Waals surface area contributed by atoms with Crippen molar-refractivity contribution in [1.29, 1.82) is 0 Å². The third-order valence-electron chi connectivity index (χ3n) is 5.92. The lowest BCUT2D eigenvalue weighted by molar-refractivity contribution is -0.143. The van der Waals surface area contributed by atoms with Crippen LogP contribution in [0.1, 0.15) is 97.3 Å². The van der Waals surface area contributed by atoms with Gasteiger partial charge in [-0.1, -0.05) is 83.2 Å². The van der Waals surface area contributed by atoms with E-state index < -0.39 is 29.7 Å². The van der Waals surface area contributed by atoms with Gasteiger partial charge < -0.3 is 13.8 Å². The highest BCUT2D eigenvalue weighted by molar-refractivity contribution is 8.01. The van der Waals surface area contributed by atoms with Crippen molar-refractivity contribution in [1.82, 2.24) is 0 Å². The maximum atomic E-state index is 13.9. The van der Waals surface area contributed by atoms with Gasteiger partial charge in [-0.05, 0) is 38.7 Å². The van der Waals surface area contributed by atoms with E-state index in [1.165, 1.54) is 31.0 Å². The summed E-state index contributed by atoms with van der Waals surface area (Å²) in [5, 5.41) is -0.991. The van der Waals surface area contributed by atoms with Crippen molar-refractivity contribution in [3.8, 4) is 0 Å². The fourth-order valence-electron chi connectivity index (χ4n) is 4.16. The van der Waals surface area contributed by atoms with Crippen molar-refractivity contribution in [2.75, 3.05) is 19.8 Å². The van der Waals surface area contributed by atoms with Crippen LogP contribution in [-0.4, -0.2) is 42.5 Å². The minimum atomic E-state index is -3.85. The van der Waals surface area contributed by atoms with Gasteiger partial charge in [0.1, 0.15) is 5.78 Å². The first-order valence-electron chi connectivity index (χ1n) is 13.5. The molecule has 1 aromatic rings. The van der Waals surface area contributed by atoms with E-state index >= 15 is 0 Å². The van der Waals surface area contributed by atoms with Crippen LogP contribution in [-0.2, 0) is 27.9 Å². The Hall–Kier alpha value is -1.14. The Labute approximate surface area is 223 Å². The summed E-state index contributed by atoms with van der Waals surface area (Å²) >= 11 is 1.39. The molecule has 0 aromatic heterocycles. The molecule has 1 aromatic carbocycles. The second-order valence-electron chi connectivity index (χ2n) is 9.19. The topological polar surface area (TPSA) is 78.9 Å². The SMILES string of the molecule is CCCCCCCCC(=O)C(SC(C(C)C)C(C(=O)OCC)P(=O)(OCC)OCC)c1ccccc1. The Morgan fingerprint density at radius 2 is 1.44 bits per heavy atom. The summed E-state index contributed by atoms with van der Waals surface area (Å²) in [6.45, 7) is 11.7. The average molecular weight is 543 g/mol. The molecule has 3 unspecified atom stereocenters. The average Bonchev–Trinajstić information content (AvgIpc) is 2.84. The van der Waals surface area contributed by atoms with E-state index in [0.29, 0.717) is 6.42 Å². The summed E-state index contributed by atoms with van der Waals surface area (Å²) in [6.07, 6.45) is 7.09. The van der Waals surface area contributed by atoms with Crippen LogP contribution in [0.5, 0.6) is 0 Å². The minimum absolute atomic E-state index is 0.0910. The van der Waals surface area contributed by atoms with Crippen molar-refractivity contribution in [2.24, 2.45) is 5.92 Å². The van der Waals surface area contributed by atoms with Crippen LogP contribution >= 0.6 is 19.4 Å². The van der Waals surface area contributed by atoms with Gasteiger partial charge in [0, 0.05) is 11.7 Å². The van der Waals surface area contributed by atoms with E-state index in [4.69, 9.17) is 13.8 Å². The van der Waals surface area contributed by atoms with Gasteiger partial charge in [-0.3, -0.25) is 14.2 Å². The fourth-order valence-corrected chi connectivity index (χ4v) is 8.44. The van der Waals surface area contributed by atoms with E-state index in [0.717, 1.165) is 24.8 Å². The molecule has 0 radical (unpaired) electrons. The van der Waals surface area contributed by atoms with Gasteiger partial charge in [-0.15, -0.1) is 11.8 Å². The van der Waals surface area contributed by atoms with Crippen molar-refractivity contribution in [3.05, 3.63) is 35.9 Å². The number of ketones is 1. The second kappa shape index (κ2) is 18.2. The molecule has 206 valence electrons. The highest BCUT2D eigenvalue weighted by atomic mass is 32.2. The molecule has 0 bridgehead atoms. The first kappa shape index (κ1) is 32.9. The fraction of sp³-hybridized carbons (Fsp3) is 0.714. The largest absolute Gasteiger partial charge is 0.465 e. The Morgan fingerprint density at radius 1 is 0.861 bits per heavy atom. The van der Waals surface area contributed by atoms with Gasteiger partial charge in [0.25, 0.3) is 0 Å². The van der Waals surface area contributed by atoms with Crippen LogP contribution < -0.4 is 0 Å². The highest BCUT2D eigenvalue weighted by Crippen LogP contribution is 2.58. The molecule has 0 aliphatic heterocycles. The zero-order chi connectivity index (χ0) is 27.0. The lowest BCUT2D eigenvalue weighted by Gasteiger charge is -2.34. The van der Waals surface area contributed by atoms with E-state index in [9.17, 15) is 14.2 Å². The van der Waals surface area contributed by atoms with Crippen LogP contribution in [0, 0.1) is 5.92 Å². The quantitative estimate of drug-likeness (QED) is 0.0938. The lowest BCUT2D eigenvalue weighted by atomic mass is 10.0. The summed E-state index contributed by atoms with van der Waals surface area (Å²) < 4.78 is 30.5. The number of Topliss-reactive ketones (excluding diaryl/α,β-unsaturated/α-hetero) is 1. The number of rotatable bonds is 20. The zero-order valence-corrected chi connectivity index (χ0v) is 24.8. The molecule has 1 rings (SSSR count). The molecular formula is C28H47O6PS. The molecule has 0 saturated heterocycles. The molecule has 8 heteroatoms. The number of ether oxygens (including phenoxy) is 1. The summed E-state index contributed by atoms with van der Waals surface area (Å²) in [4.78, 5) is 26.8. The first-order valence-corrected chi connectivity index (χ1v) is 16.1. The molecule has 6 nitrogen and oxygen atoms in total.